The topological polar surface area (TPSA) is 46.6 Å². The van der Waals surface area contributed by atoms with E-state index in [9.17, 15) is 9.59 Å². The van der Waals surface area contributed by atoms with Crippen molar-refractivity contribution in [3.63, 3.8) is 0 Å². The zero-order valence-electron chi connectivity index (χ0n) is 15.7. The largest absolute Gasteiger partial charge is 0.492 e. The predicted octanol–water partition coefficient (Wildman–Crippen LogP) is 7.03. The minimum atomic E-state index is -0.345. The van der Waals surface area contributed by atoms with Gasteiger partial charge in [0.15, 0.2) is 0 Å². The number of halogens is 3. The monoisotopic (exact) mass is 513 g/mol. The van der Waals surface area contributed by atoms with Crippen molar-refractivity contribution in [3.05, 3.63) is 66.9 Å². The lowest BCUT2D eigenvalue weighted by Crippen LogP contribution is -2.27. The van der Waals surface area contributed by atoms with E-state index in [1.54, 1.807) is 24.3 Å². The maximum atomic E-state index is 12.7. The van der Waals surface area contributed by atoms with Gasteiger partial charge in [-0.2, -0.15) is 0 Å². The average Bonchev–Trinajstić information content (AvgIpc) is 2.90. The summed E-state index contributed by atoms with van der Waals surface area (Å²) < 4.78 is 6.53. The Hall–Kier alpha value is -1.47. The maximum absolute atomic E-state index is 12.7. The fraction of sp³-hybridized carbons (Fsp3) is 0.238. The predicted molar refractivity (Wildman–Crippen MR) is 122 cm³/mol. The number of hydrogen-bond donors (Lipinski definition) is 0. The third-order valence-electron chi connectivity index (χ3n) is 4.04. The van der Waals surface area contributed by atoms with Gasteiger partial charge in [0.25, 0.3) is 11.1 Å². The molecule has 0 aliphatic carbocycles. The molecule has 0 aromatic heterocycles. The van der Waals surface area contributed by atoms with Crippen molar-refractivity contribution in [2.75, 3.05) is 6.61 Å². The first-order chi connectivity index (χ1) is 13.7. The molecule has 0 spiro atoms. The molecule has 3 rings (SSSR count). The molecular formula is C21H18BrCl2NO3S. The summed E-state index contributed by atoms with van der Waals surface area (Å²) in [5.74, 6) is 0.811. The molecule has 29 heavy (non-hydrogen) atoms. The molecule has 2 aromatic rings. The molecule has 152 valence electrons. The number of thioether (sulfide) groups is 1. The van der Waals surface area contributed by atoms with Crippen molar-refractivity contribution in [2.24, 2.45) is 5.92 Å². The first-order valence-corrected chi connectivity index (χ1v) is 11.2. The van der Waals surface area contributed by atoms with Crippen LogP contribution in [0.3, 0.4) is 0 Å². The lowest BCUT2D eigenvalue weighted by atomic mass is 10.2. The van der Waals surface area contributed by atoms with E-state index in [0.717, 1.165) is 27.5 Å². The molecule has 0 unspecified atom stereocenters. The summed E-state index contributed by atoms with van der Waals surface area (Å²) >= 11 is 16.5. The molecule has 1 heterocycles. The molecule has 1 aliphatic heterocycles. The van der Waals surface area contributed by atoms with E-state index >= 15 is 0 Å². The molecule has 0 bridgehead atoms. The van der Waals surface area contributed by atoms with Crippen LogP contribution in [0.4, 0.5) is 4.79 Å². The third-order valence-corrected chi connectivity index (χ3v) is 6.16. The Bertz CT molecular complexity index is 994. The van der Waals surface area contributed by atoms with Crippen LogP contribution < -0.4 is 4.74 Å². The Balaban J connectivity index is 1.76. The second-order valence-corrected chi connectivity index (χ2v) is 9.59. The van der Waals surface area contributed by atoms with Crippen LogP contribution in [0, 0.1) is 5.92 Å². The average molecular weight is 515 g/mol. The van der Waals surface area contributed by atoms with Gasteiger partial charge in [-0.15, -0.1) is 0 Å². The smallest absolute Gasteiger partial charge is 0.293 e. The summed E-state index contributed by atoms with van der Waals surface area (Å²) in [6.45, 7) is 4.87. The Morgan fingerprint density at radius 2 is 1.93 bits per heavy atom. The van der Waals surface area contributed by atoms with Gasteiger partial charge in [0.05, 0.1) is 22.5 Å². The van der Waals surface area contributed by atoms with E-state index in [0.29, 0.717) is 33.0 Å². The van der Waals surface area contributed by atoms with Gasteiger partial charge in [0.1, 0.15) is 5.75 Å². The number of nitrogens with zero attached hydrogens (tertiary/aromatic N) is 1. The molecule has 0 atom stereocenters. The van der Waals surface area contributed by atoms with E-state index in [2.05, 4.69) is 29.8 Å². The molecule has 8 heteroatoms. The van der Waals surface area contributed by atoms with Gasteiger partial charge < -0.3 is 4.74 Å². The van der Waals surface area contributed by atoms with Gasteiger partial charge in [-0.1, -0.05) is 49.2 Å². The first kappa shape index (κ1) is 22.2. The van der Waals surface area contributed by atoms with Crippen molar-refractivity contribution in [1.82, 2.24) is 4.90 Å². The van der Waals surface area contributed by atoms with E-state index < -0.39 is 0 Å². The Morgan fingerprint density at radius 3 is 2.59 bits per heavy atom. The zero-order valence-corrected chi connectivity index (χ0v) is 19.7. The van der Waals surface area contributed by atoms with Gasteiger partial charge in [-0.3, -0.25) is 14.5 Å². The highest BCUT2D eigenvalue weighted by Gasteiger charge is 2.35. The van der Waals surface area contributed by atoms with Crippen molar-refractivity contribution < 1.29 is 14.3 Å². The standard InChI is InChI=1S/C21H18BrCl2NO3S/c1-12(2)11-28-18-6-3-13(7-16(18)22)8-19-20(26)25(21(27)29-19)10-14-4-5-15(23)9-17(14)24/h3-9,12H,10-11H2,1-2H3/b19-8+. The number of hydrogen-bond acceptors (Lipinski definition) is 4. The van der Waals surface area contributed by atoms with E-state index in [1.807, 2.05) is 18.2 Å². The summed E-state index contributed by atoms with van der Waals surface area (Å²) in [4.78, 5) is 26.7. The summed E-state index contributed by atoms with van der Waals surface area (Å²) in [6, 6.07) is 10.5. The van der Waals surface area contributed by atoms with Crippen LogP contribution in [0.2, 0.25) is 10.0 Å². The van der Waals surface area contributed by atoms with Crippen molar-refractivity contribution in [3.8, 4) is 5.75 Å². The zero-order chi connectivity index (χ0) is 21.1. The molecule has 4 nitrogen and oxygen atoms in total. The molecule has 1 fully saturated rings. The molecule has 2 aromatic carbocycles. The highest BCUT2D eigenvalue weighted by atomic mass is 79.9. The third kappa shape index (κ3) is 5.57. The van der Waals surface area contributed by atoms with Gasteiger partial charge in [-0.25, -0.2) is 0 Å². The molecule has 2 amide bonds. The number of carbonyl (C=O) groups is 2. The Kier molecular flexibility index (Phi) is 7.32. The van der Waals surface area contributed by atoms with Crippen LogP contribution in [-0.4, -0.2) is 22.7 Å². The summed E-state index contributed by atoms with van der Waals surface area (Å²) in [5, 5.41) is 0.587. The van der Waals surface area contributed by atoms with Gasteiger partial charge in [0.2, 0.25) is 0 Å². The van der Waals surface area contributed by atoms with E-state index in [1.165, 1.54) is 4.90 Å². The molecule has 0 N–H and O–H groups in total. The Labute approximate surface area is 192 Å². The molecule has 0 radical (unpaired) electrons. The Morgan fingerprint density at radius 1 is 1.17 bits per heavy atom. The first-order valence-electron chi connectivity index (χ1n) is 8.86. The normalized spacial score (nSPS) is 15.7. The minimum absolute atomic E-state index is 0.101. The second-order valence-electron chi connectivity index (χ2n) is 6.90. The van der Waals surface area contributed by atoms with Crippen LogP contribution in [0.25, 0.3) is 6.08 Å². The van der Waals surface area contributed by atoms with Crippen LogP contribution in [0.5, 0.6) is 5.75 Å². The summed E-state index contributed by atoms with van der Waals surface area (Å²) in [7, 11) is 0. The number of benzene rings is 2. The lowest BCUT2D eigenvalue weighted by molar-refractivity contribution is -0.123. The molecule has 1 aliphatic rings. The number of rotatable bonds is 6. The summed E-state index contributed by atoms with van der Waals surface area (Å²) in [6.07, 6.45) is 1.70. The molecule has 0 saturated carbocycles. The molecular weight excluding hydrogens is 497 g/mol. The van der Waals surface area contributed by atoms with Crippen LogP contribution in [0.1, 0.15) is 25.0 Å². The quantitative estimate of drug-likeness (QED) is 0.388. The van der Waals surface area contributed by atoms with Crippen LogP contribution in [-0.2, 0) is 11.3 Å². The van der Waals surface area contributed by atoms with Gasteiger partial charge in [-0.05, 0) is 75.1 Å². The summed E-state index contributed by atoms with van der Waals surface area (Å²) in [5.41, 5.74) is 1.46. The molecule has 1 saturated heterocycles. The van der Waals surface area contributed by atoms with E-state index in [-0.39, 0.29) is 17.7 Å². The number of amides is 2. The fourth-order valence-corrected chi connectivity index (χ4v) is 4.41. The van der Waals surface area contributed by atoms with Crippen LogP contribution in [0.15, 0.2) is 45.8 Å². The van der Waals surface area contributed by atoms with Crippen LogP contribution >= 0.6 is 50.9 Å². The lowest BCUT2D eigenvalue weighted by Gasteiger charge is -2.13. The van der Waals surface area contributed by atoms with Gasteiger partial charge in [0, 0.05) is 10.0 Å². The fourth-order valence-electron chi connectivity index (χ4n) is 2.59. The second kappa shape index (κ2) is 9.56. The number of imide groups is 1. The number of carbonyl (C=O) groups excluding carboxylic acids is 2. The highest BCUT2D eigenvalue weighted by molar-refractivity contribution is 9.10. The van der Waals surface area contributed by atoms with Crippen molar-refractivity contribution in [1.29, 1.82) is 0 Å². The maximum Gasteiger partial charge on any atom is 0.293 e. The highest BCUT2D eigenvalue weighted by Crippen LogP contribution is 2.35. The number of ether oxygens (including phenoxy) is 1. The van der Waals surface area contributed by atoms with E-state index in [4.69, 9.17) is 27.9 Å². The SMILES string of the molecule is CC(C)COc1ccc(/C=C2/SC(=O)N(Cc3ccc(Cl)cc3Cl)C2=O)cc1Br. The minimum Gasteiger partial charge on any atom is -0.492 e. The van der Waals surface area contributed by atoms with Gasteiger partial charge >= 0.3 is 0 Å². The van der Waals surface area contributed by atoms with Crippen molar-refractivity contribution >= 4 is 68.1 Å². The van der Waals surface area contributed by atoms with Crippen molar-refractivity contribution in [2.45, 2.75) is 20.4 Å².